The van der Waals surface area contributed by atoms with Gasteiger partial charge in [-0.15, -0.1) is 35.0 Å². The maximum atomic E-state index is 12.0. The van der Waals surface area contributed by atoms with Gasteiger partial charge in [-0.05, 0) is 12.8 Å². The first-order valence-electron chi connectivity index (χ1n) is 9.77. The zero-order valence-corrected chi connectivity index (χ0v) is 20.8. The molecule has 0 aromatic carbocycles. The zero-order chi connectivity index (χ0) is 21.2. The second-order valence-corrected chi connectivity index (χ2v) is 7.29. The molecule has 1 atom stereocenters. The molecule has 0 aliphatic rings. The number of hydrogen-bond donors (Lipinski definition) is 5. The average molecular weight is 463 g/mol. The molecule has 0 spiro atoms. The van der Waals surface area contributed by atoms with Crippen LogP contribution in [-0.2, 0) is 14.3 Å². The Morgan fingerprint density at radius 3 is 2.11 bits per heavy atom. The molecule has 0 aliphatic heterocycles. The maximum absolute atomic E-state index is 12.0. The summed E-state index contributed by atoms with van der Waals surface area (Å²) in [7, 11) is 1.55. The number of carbonyl (C=O) groups is 1. The van der Waals surface area contributed by atoms with Gasteiger partial charge >= 0.3 is 0 Å². The van der Waals surface area contributed by atoms with Crippen LogP contribution >= 0.6 is 45.8 Å². The van der Waals surface area contributed by atoms with Crippen LogP contribution in [0.3, 0.4) is 0 Å². The maximum Gasteiger partial charge on any atom is 0.223 e. The lowest BCUT2D eigenvalue weighted by Crippen LogP contribution is -2.33. The van der Waals surface area contributed by atoms with E-state index in [9.17, 15) is 4.79 Å². The van der Waals surface area contributed by atoms with Crippen molar-refractivity contribution in [1.29, 1.82) is 0 Å². The third-order valence-corrected chi connectivity index (χ3v) is 4.61. The number of hydrogen-bond acceptors (Lipinski definition) is 8. The number of unbranched alkanes of at least 4 members (excludes halogenated alkanes) is 3. The van der Waals surface area contributed by atoms with Crippen LogP contribution in [0.4, 0.5) is 0 Å². The topological polar surface area (TPSA) is 73.6 Å². The third-order valence-electron chi connectivity index (χ3n) is 3.58. The number of nitrogens with one attached hydrogen (secondary N) is 1. The number of nitrogens with two attached hydrogens (primary N) is 1. The highest BCUT2D eigenvalue weighted by Gasteiger charge is 2.15. The Hall–Kier alpha value is 0.750. The van der Waals surface area contributed by atoms with E-state index >= 15 is 0 Å². The molecule has 0 rings (SSSR count). The molecule has 1 unspecified atom stereocenters. The molecule has 0 aliphatic carbocycles. The molecule has 27 heavy (non-hydrogen) atoms. The van der Waals surface area contributed by atoms with Gasteiger partial charge in [0.1, 0.15) is 0 Å². The molecule has 0 bridgehead atoms. The van der Waals surface area contributed by atoms with Gasteiger partial charge in [0.05, 0.1) is 26.4 Å². The fourth-order valence-corrected chi connectivity index (χ4v) is 2.13. The van der Waals surface area contributed by atoms with Crippen molar-refractivity contribution < 1.29 is 14.3 Å². The molecule has 0 saturated carbocycles. The minimum Gasteiger partial charge on any atom is -0.378 e. The van der Waals surface area contributed by atoms with Gasteiger partial charge in [-0.2, -0.15) is 0 Å². The van der Waals surface area contributed by atoms with Gasteiger partial charge in [0.15, 0.2) is 0 Å². The summed E-state index contributed by atoms with van der Waals surface area (Å²) in [5.74, 6) is 1.41. The van der Waals surface area contributed by atoms with E-state index in [1.807, 2.05) is 0 Å². The van der Waals surface area contributed by atoms with Crippen LogP contribution in [0.1, 0.15) is 59.3 Å². The van der Waals surface area contributed by atoms with Crippen LogP contribution < -0.4 is 11.1 Å². The van der Waals surface area contributed by atoms with Gasteiger partial charge in [0, 0.05) is 24.8 Å². The second kappa shape index (κ2) is 31.4. The van der Waals surface area contributed by atoms with E-state index in [1.54, 1.807) is 10.8 Å². The van der Waals surface area contributed by atoms with Gasteiger partial charge < -0.3 is 20.5 Å². The highest BCUT2D eigenvalue weighted by atomic mass is 33.1. The van der Waals surface area contributed by atoms with Gasteiger partial charge in [-0.3, -0.25) is 4.79 Å². The minimum atomic E-state index is 0.148. The van der Waals surface area contributed by atoms with Crippen molar-refractivity contribution in [3.8, 4) is 0 Å². The number of thiol groups is 3. The Kier molecular flexibility index (Phi) is 37.8. The Morgan fingerprint density at radius 1 is 1.04 bits per heavy atom. The fourth-order valence-electron chi connectivity index (χ4n) is 2.13. The molecule has 0 heterocycles. The van der Waals surface area contributed by atoms with E-state index < -0.39 is 0 Å². The quantitative estimate of drug-likeness (QED) is 0.133. The van der Waals surface area contributed by atoms with Crippen LogP contribution in [0.2, 0.25) is 0 Å². The molecule has 0 aromatic rings. The molecule has 0 aromatic heterocycles. The van der Waals surface area contributed by atoms with Gasteiger partial charge in [-0.1, -0.05) is 57.2 Å². The van der Waals surface area contributed by atoms with Gasteiger partial charge in [-0.25, -0.2) is 0 Å². The largest absolute Gasteiger partial charge is 0.378 e. The summed E-state index contributed by atoms with van der Waals surface area (Å²) in [6.07, 6.45) is 6.77. The molecule has 5 nitrogen and oxygen atoms in total. The van der Waals surface area contributed by atoms with E-state index in [2.05, 4.69) is 61.1 Å². The van der Waals surface area contributed by atoms with Crippen molar-refractivity contribution in [3.05, 3.63) is 0 Å². The fraction of sp³-hybridized carbons (Fsp3) is 0.944. The molecular formula is C18H42N2O3S4. The third kappa shape index (κ3) is 29.1. The zero-order valence-electron chi connectivity index (χ0n) is 17.3. The van der Waals surface area contributed by atoms with Crippen molar-refractivity contribution in [3.63, 3.8) is 0 Å². The molecule has 1 amide bonds. The summed E-state index contributed by atoms with van der Waals surface area (Å²) in [6.45, 7) is 9.65. The van der Waals surface area contributed by atoms with Crippen molar-refractivity contribution in [2.75, 3.05) is 45.3 Å². The summed E-state index contributed by atoms with van der Waals surface area (Å²) in [4.78, 5) is 12.0. The van der Waals surface area contributed by atoms with Crippen LogP contribution in [0.25, 0.3) is 0 Å². The standard InChI is InChI=1S/C16H34N2O3.C2H6S2.H2S2/c1-3-5-6-7-8-15(4-2)16(19)18-10-12-21-14-13-20-11-9-17;1-2-4-3;1-2/h15H,3-14,17H2,1-2H3,(H,18,19);3H,2H2,1H3;1-2H. The number of carbonyl (C=O) groups excluding carboxylic acids is 1. The average Bonchev–Trinajstić information content (AvgIpc) is 2.71. The van der Waals surface area contributed by atoms with Crippen molar-refractivity contribution in [2.45, 2.75) is 59.3 Å². The monoisotopic (exact) mass is 462 g/mol. The van der Waals surface area contributed by atoms with E-state index in [4.69, 9.17) is 15.2 Å². The summed E-state index contributed by atoms with van der Waals surface area (Å²) in [5.41, 5.74) is 5.30. The van der Waals surface area contributed by atoms with Crippen LogP contribution in [-0.4, -0.2) is 51.2 Å². The predicted octanol–water partition coefficient (Wildman–Crippen LogP) is 4.44. The lowest BCUT2D eigenvalue weighted by molar-refractivity contribution is -0.125. The molecule has 9 heteroatoms. The molecule has 0 saturated heterocycles. The van der Waals surface area contributed by atoms with E-state index in [0.29, 0.717) is 39.5 Å². The first-order valence-corrected chi connectivity index (χ1v) is 13.4. The Balaban J connectivity index is -0.000000841. The number of ether oxygens (including phenoxy) is 2. The van der Waals surface area contributed by atoms with E-state index in [1.165, 1.54) is 19.3 Å². The van der Waals surface area contributed by atoms with Gasteiger partial charge in [0.2, 0.25) is 5.91 Å². The van der Waals surface area contributed by atoms with Gasteiger partial charge in [0.25, 0.3) is 0 Å². The summed E-state index contributed by atoms with van der Waals surface area (Å²) in [6, 6.07) is 0. The first kappa shape index (κ1) is 32.4. The summed E-state index contributed by atoms with van der Waals surface area (Å²) in [5, 5.41) is 2.95. The molecular weight excluding hydrogens is 420 g/mol. The van der Waals surface area contributed by atoms with Crippen molar-refractivity contribution in [1.82, 2.24) is 5.32 Å². The highest BCUT2D eigenvalue weighted by Crippen LogP contribution is 2.14. The Morgan fingerprint density at radius 2 is 1.63 bits per heavy atom. The van der Waals surface area contributed by atoms with E-state index in [-0.39, 0.29) is 11.8 Å². The first-order chi connectivity index (χ1) is 13.2. The molecule has 3 N–H and O–H groups in total. The highest BCUT2D eigenvalue weighted by molar-refractivity contribution is 8.68. The molecule has 0 radical (unpaired) electrons. The van der Waals surface area contributed by atoms with Crippen LogP contribution in [0, 0.1) is 5.92 Å². The predicted molar refractivity (Wildman–Crippen MR) is 131 cm³/mol. The Labute approximate surface area is 187 Å². The SMILES string of the molecule is CCCCCCC(CC)C(=O)NCCOCCOCCN.CCSS.SS. The normalized spacial score (nSPS) is 10.9. The Bertz CT molecular complexity index is 277. The van der Waals surface area contributed by atoms with Crippen molar-refractivity contribution >= 4 is 51.7 Å². The smallest absolute Gasteiger partial charge is 0.223 e. The van der Waals surface area contributed by atoms with Crippen LogP contribution in [0.15, 0.2) is 0 Å². The summed E-state index contributed by atoms with van der Waals surface area (Å²) < 4.78 is 10.6. The lowest BCUT2D eigenvalue weighted by Gasteiger charge is -2.15. The minimum absolute atomic E-state index is 0.148. The van der Waals surface area contributed by atoms with Crippen LogP contribution in [0.5, 0.6) is 0 Å². The summed E-state index contributed by atoms with van der Waals surface area (Å²) >= 11 is 10.3. The second-order valence-electron chi connectivity index (χ2n) is 5.68. The number of rotatable bonds is 16. The van der Waals surface area contributed by atoms with Crippen molar-refractivity contribution in [2.24, 2.45) is 11.7 Å². The molecule has 166 valence electrons. The van der Waals surface area contributed by atoms with E-state index in [0.717, 1.165) is 25.0 Å². The lowest BCUT2D eigenvalue weighted by atomic mass is 9.97. The molecule has 0 fully saturated rings. The number of amides is 1.